The van der Waals surface area contributed by atoms with Gasteiger partial charge in [0.15, 0.2) is 5.96 Å². The van der Waals surface area contributed by atoms with Crippen LogP contribution in [0.3, 0.4) is 0 Å². The lowest BCUT2D eigenvalue weighted by Gasteiger charge is -2.57. The first kappa shape index (κ1) is 20.4. The molecule has 4 atom stereocenters. The van der Waals surface area contributed by atoms with Crippen LogP contribution in [0.5, 0.6) is 0 Å². The van der Waals surface area contributed by atoms with Crippen LogP contribution in [0.1, 0.15) is 48.8 Å². The second-order valence-corrected chi connectivity index (χ2v) is 9.51. The lowest BCUT2D eigenvalue weighted by molar-refractivity contribution is -0.125. The summed E-state index contributed by atoms with van der Waals surface area (Å²) in [5.74, 6) is 1.63. The van der Waals surface area contributed by atoms with Crippen molar-refractivity contribution in [2.75, 3.05) is 13.7 Å². The van der Waals surface area contributed by atoms with Crippen molar-refractivity contribution in [2.24, 2.45) is 16.3 Å². The van der Waals surface area contributed by atoms with Gasteiger partial charge in [-0.2, -0.15) is 0 Å². The molecule has 4 unspecified atom stereocenters. The monoisotopic (exact) mass is 489 g/mol. The molecule has 2 N–H and O–H groups in total. The van der Waals surface area contributed by atoms with Gasteiger partial charge >= 0.3 is 0 Å². The van der Waals surface area contributed by atoms with Gasteiger partial charge in [0, 0.05) is 53.2 Å². The number of ether oxygens (including phenoxy) is 1. The number of nitrogens with one attached hydrogen (secondary N) is 2. The molecule has 1 aliphatic heterocycles. The highest BCUT2D eigenvalue weighted by molar-refractivity contribution is 14.0. The second kappa shape index (κ2) is 8.35. The van der Waals surface area contributed by atoms with Gasteiger partial charge < -0.3 is 15.4 Å². The lowest BCUT2D eigenvalue weighted by Crippen LogP contribution is -2.69. The summed E-state index contributed by atoms with van der Waals surface area (Å²) in [5, 5.41) is 7.41. The first-order chi connectivity index (χ1) is 12.1. The molecule has 2 aliphatic carbocycles. The number of hydrogen-bond donors (Lipinski definition) is 2. The summed E-state index contributed by atoms with van der Waals surface area (Å²) < 4.78 is 6.10. The van der Waals surface area contributed by atoms with Crippen LogP contribution in [0.15, 0.2) is 17.1 Å². The maximum atomic E-state index is 6.10. The van der Waals surface area contributed by atoms with E-state index in [0.29, 0.717) is 29.5 Å². The molecule has 1 saturated heterocycles. The fourth-order valence-electron chi connectivity index (χ4n) is 5.40. The van der Waals surface area contributed by atoms with Gasteiger partial charge in [0.25, 0.3) is 0 Å². The van der Waals surface area contributed by atoms with Crippen LogP contribution in [0.4, 0.5) is 0 Å². The van der Waals surface area contributed by atoms with Crippen LogP contribution in [0.2, 0.25) is 0 Å². The number of aryl methyl sites for hydroxylation is 1. The van der Waals surface area contributed by atoms with Crippen molar-refractivity contribution >= 4 is 41.3 Å². The van der Waals surface area contributed by atoms with E-state index in [1.807, 2.05) is 18.4 Å². The molecule has 1 aromatic heterocycles. The van der Waals surface area contributed by atoms with E-state index < -0.39 is 0 Å². The molecule has 146 valence electrons. The molecule has 2 heterocycles. The smallest absolute Gasteiger partial charge is 0.191 e. The topological polar surface area (TPSA) is 45.7 Å². The Morgan fingerprint density at radius 2 is 2.15 bits per heavy atom. The molecule has 4 rings (SSSR count). The fraction of sp³-hybridized carbons (Fsp3) is 0.750. The highest BCUT2D eigenvalue weighted by Crippen LogP contribution is 2.60. The van der Waals surface area contributed by atoms with Gasteiger partial charge in [-0.1, -0.05) is 12.8 Å². The first-order valence-corrected chi connectivity index (χ1v) is 10.6. The summed E-state index contributed by atoms with van der Waals surface area (Å²) in [4.78, 5) is 7.34. The summed E-state index contributed by atoms with van der Waals surface area (Å²) in [5.41, 5.74) is 0.368. The van der Waals surface area contributed by atoms with Gasteiger partial charge in [-0.15, -0.1) is 35.3 Å². The number of rotatable bonds is 4. The molecule has 0 amide bonds. The van der Waals surface area contributed by atoms with Crippen molar-refractivity contribution in [3.63, 3.8) is 0 Å². The molecule has 6 heteroatoms. The van der Waals surface area contributed by atoms with E-state index in [4.69, 9.17) is 4.74 Å². The Bertz CT molecular complexity index is 641. The highest BCUT2D eigenvalue weighted by atomic mass is 127. The molecule has 4 nitrogen and oxygen atoms in total. The van der Waals surface area contributed by atoms with Crippen molar-refractivity contribution in [3.8, 4) is 0 Å². The molecule has 0 aromatic carbocycles. The van der Waals surface area contributed by atoms with Crippen LogP contribution in [0.25, 0.3) is 0 Å². The number of aliphatic imine (C=N–C) groups is 1. The maximum Gasteiger partial charge on any atom is 0.191 e. The van der Waals surface area contributed by atoms with Crippen molar-refractivity contribution in [2.45, 2.75) is 70.6 Å². The van der Waals surface area contributed by atoms with Gasteiger partial charge in [-0.25, -0.2) is 0 Å². The van der Waals surface area contributed by atoms with Crippen LogP contribution in [-0.4, -0.2) is 37.8 Å². The zero-order valence-electron chi connectivity index (χ0n) is 16.1. The van der Waals surface area contributed by atoms with Gasteiger partial charge in [0.05, 0.1) is 6.10 Å². The van der Waals surface area contributed by atoms with Gasteiger partial charge in [-0.3, -0.25) is 4.99 Å². The Morgan fingerprint density at radius 3 is 2.81 bits per heavy atom. The van der Waals surface area contributed by atoms with Gasteiger partial charge in [0.1, 0.15) is 0 Å². The molecule has 3 aliphatic rings. The number of thiophene rings is 1. The van der Waals surface area contributed by atoms with E-state index in [2.05, 4.69) is 41.6 Å². The van der Waals surface area contributed by atoms with E-state index in [9.17, 15) is 0 Å². The van der Waals surface area contributed by atoms with Crippen molar-refractivity contribution in [1.29, 1.82) is 0 Å². The number of nitrogens with zero attached hydrogens (tertiary/aromatic N) is 1. The second-order valence-electron chi connectivity index (χ2n) is 8.14. The van der Waals surface area contributed by atoms with E-state index in [1.54, 1.807) is 0 Å². The largest absolute Gasteiger partial charge is 0.377 e. The summed E-state index contributed by atoms with van der Waals surface area (Å²) in [6.45, 7) is 5.36. The van der Waals surface area contributed by atoms with Crippen LogP contribution in [0, 0.1) is 18.3 Å². The summed E-state index contributed by atoms with van der Waals surface area (Å²) in [6.07, 6.45) is 8.07. The Morgan fingerprint density at radius 1 is 1.38 bits per heavy atom. The zero-order chi connectivity index (χ0) is 17.4. The average molecular weight is 489 g/mol. The van der Waals surface area contributed by atoms with Crippen molar-refractivity contribution in [1.82, 2.24) is 10.6 Å². The minimum atomic E-state index is 0. The maximum absolute atomic E-state index is 6.10. The van der Waals surface area contributed by atoms with Crippen LogP contribution in [-0.2, 0) is 11.2 Å². The van der Waals surface area contributed by atoms with Gasteiger partial charge in [0.2, 0.25) is 0 Å². The molecule has 3 fully saturated rings. The molecular formula is C20H32IN3OS. The third kappa shape index (κ3) is 3.65. The Balaban J connectivity index is 0.00000196. The molecule has 26 heavy (non-hydrogen) atoms. The fourth-order valence-corrected chi connectivity index (χ4v) is 6.42. The third-order valence-electron chi connectivity index (χ3n) is 6.49. The SMILES string of the molecule is CN=C(NC(C)Cc1ccc(C)s1)NC1C2CCOC2C12CCCC2.I. The van der Waals surface area contributed by atoms with Crippen molar-refractivity contribution < 1.29 is 4.74 Å². The Kier molecular flexibility index (Phi) is 6.55. The zero-order valence-corrected chi connectivity index (χ0v) is 19.2. The quantitative estimate of drug-likeness (QED) is 0.380. The molecule has 1 spiro atoms. The summed E-state index contributed by atoms with van der Waals surface area (Å²) in [6, 6.07) is 5.36. The van der Waals surface area contributed by atoms with E-state index >= 15 is 0 Å². The molecule has 0 bridgehead atoms. The van der Waals surface area contributed by atoms with Crippen LogP contribution < -0.4 is 10.6 Å². The Labute approximate surface area is 178 Å². The first-order valence-electron chi connectivity index (χ1n) is 9.79. The molecule has 1 aromatic rings. The summed E-state index contributed by atoms with van der Waals surface area (Å²) >= 11 is 1.89. The van der Waals surface area contributed by atoms with E-state index in [0.717, 1.165) is 19.0 Å². The number of guanidine groups is 1. The minimum Gasteiger partial charge on any atom is -0.377 e. The number of hydrogen-bond acceptors (Lipinski definition) is 3. The van der Waals surface area contributed by atoms with Crippen LogP contribution >= 0.6 is 35.3 Å². The third-order valence-corrected chi connectivity index (χ3v) is 7.51. The predicted octanol–water partition coefficient (Wildman–Crippen LogP) is 4.12. The van der Waals surface area contributed by atoms with Crippen molar-refractivity contribution in [3.05, 3.63) is 21.9 Å². The highest BCUT2D eigenvalue weighted by Gasteiger charge is 2.65. The molecule has 2 saturated carbocycles. The van der Waals surface area contributed by atoms with Gasteiger partial charge in [-0.05, 0) is 45.2 Å². The minimum absolute atomic E-state index is 0. The standard InChI is InChI=1S/C20H31N3OS.HI/c1-13(12-15-7-6-14(2)25-15)22-19(21-3)23-17-16-8-11-24-18(16)20(17)9-4-5-10-20;/h6-7,13,16-18H,4-5,8-12H2,1-3H3,(H2,21,22,23);1H. The van der Waals surface area contributed by atoms with E-state index in [-0.39, 0.29) is 24.0 Å². The number of fused-ring (bicyclic) bond motifs is 2. The lowest BCUT2D eigenvalue weighted by atomic mass is 9.54. The number of halogens is 1. The van der Waals surface area contributed by atoms with E-state index in [1.165, 1.54) is 41.9 Å². The normalized spacial score (nSPS) is 30.4. The molecule has 0 radical (unpaired) electrons. The summed E-state index contributed by atoms with van der Waals surface area (Å²) in [7, 11) is 1.89. The average Bonchev–Trinajstić information content (AvgIpc) is 3.31. The molecular weight excluding hydrogens is 457 g/mol. The predicted molar refractivity (Wildman–Crippen MR) is 120 cm³/mol. The Hall–Kier alpha value is -0.340.